The largest absolute Gasteiger partial charge is 0.457 e. The Bertz CT molecular complexity index is 1130. The molecule has 31 heavy (non-hydrogen) atoms. The minimum atomic E-state index is 0.372. The number of benzene rings is 3. The van der Waals surface area contributed by atoms with Crippen molar-refractivity contribution in [2.75, 3.05) is 0 Å². The van der Waals surface area contributed by atoms with E-state index in [9.17, 15) is 0 Å². The van der Waals surface area contributed by atoms with E-state index in [-0.39, 0.29) is 0 Å². The predicted molar refractivity (Wildman–Crippen MR) is 124 cm³/mol. The maximum absolute atomic E-state index is 5.93. The van der Waals surface area contributed by atoms with Crippen LogP contribution in [0.25, 0.3) is 11.9 Å². The molecule has 0 aliphatic heterocycles. The van der Waals surface area contributed by atoms with Crippen LogP contribution in [-0.2, 0) is 11.4 Å². The lowest BCUT2D eigenvalue weighted by Gasteiger charge is -2.13. The molecule has 1 aromatic heterocycles. The van der Waals surface area contributed by atoms with Crippen molar-refractivity contribution in [3.8, 4) is 11.5 Å². The molecule has 6 nitrogen and oxygen atoms in total. The molecular weight excluding hydrogens is 480 g/mol. The normalized spacial score (nSPS) is 11.4. The van der Waals surface area contributed by atoms with Crippen LogP contribution in [0.1, 0.15) is 11.1 Å². The van der Waals surface area contributed by atoms with Crippen LogP contribution in [0.4, 0.5) is 0 Å². The van der Waals surface area contributed by atoms with Crippen LogP contribution < -0.4 is 10.2 Å². The van der Waals surface area contributed by atoms with Crippen LogP contribution in [0.15, 0.2) is 89.9 Å². The van der Waals surface area contributed by atoms with Crippen LogP contribution in [0.2, 0.25) is 5.02 Å². The number of hydrogen-bond donors (Lipinski definition) is 1. The SMILES string of the molecule is Clc1ccc(CONC(=Cn2cncn2)c2ccc(Oc3ccc(Br)cc3)cc2)cc1. The maximum atomic E-state index is 5.93. The zero-order valence-corrected chi connectivity index (χ0v) is 18.6. The third-order valence-electron chi connectivity index (χ3n) is 4.25. The summed E-state index contributed by atoms with van der Waals surface area (Å²) in [4.78, 5) is 9.68. The van der Waals surface area contributed by atoms with Gasteiger partial charge in [0.2, 0.25) is 0 Å². The van der Waals surface area contributed by atoms with Gasteiger partial charge in [0.25, 0.3) is 0 Å². The Morgan fingerprint density at radius 3 is 2.29 bits per heavy atom. The lowest BCUT2D eigenvalue weighted by atomic mass is 10.1. The second-order valence-corrected chi connectivity index (χ2v) is 7.87. The minimum absolute atomic E-state index is 0.372. The summed E-state index contributed by atoms with van der Waals surface area (Å²) in [6.45, 7) is 0.372. The summed E-state index contributed by atoms with van der Waals surface area (Å²) in [6, 6.07) is 22.8. The molecule has 0 unspecified atom stereocenters. The van der Waals surface area contributed by atoms with Crippen LogP contribution in [0, 0.1) is 0 Å². The summed E-state index contributed by atoms with van der Waals surface area (Å²) >= 11 is 9.35. The van der Waals surface area contributed by atoms with E-state index in [1.54, 1.807) is 17.2 Å². The first-order valence-electron chi connectivity index (χ1n) is 9.38. The minimum Gasteiger partial charge on any atom is -0.457 e. The summed E-state index contributed by atoms with van der Waals surface area (Å²) in [5.74, 6) is 1.49. The fourth-order valence-corrected chi connectivity index (χ4v) is 3.09. The molecule has 0 fully saturated rings. The smallest absolute Gasteiger partial charge is 0.138 e. The lowest BCUT2D eigenvalue weighted by molar-refractivity contribution is 0.0649. The first kappa shape index (κ1) is 21.1. The van der Waals surface area contributed by atoms with E-state index >= 15 is 0 Å². The van der Waals surface area contributed by atoms with Gasteiger partial charge in [0.1, 0.15) is 24.2 Å². The fourth-order valence-electron chi connectivity index (χ4n) is 2.70. The average Bonchev–Trinajstić information content (AvgIpc) is 3.30. The third kappa shape index (κ3) is 6.18. The molecule has 0 spiro atoms. The van der Waals surface area contributed by atoms with Crippen molar-refractivity contribution < 1.29 is 9.57 Å². The first-order valence-corrected chi connectivity index (χ1v) is 10.5. The Balaban J connectivity index is 1.46. The van der Waals surface area contributed by atoms with Crippen molar-refractivity contribution in [1.29, 1.82) is 0 Å². The number of nitrogens with zero attached hydrogens (tertiary/aromatic N) is 3. The Morgan fingerprint density at radius 1 is 0.968 bits per heavy atom. The van der Waals surface area contributed by atoms with Crippen molar-refractivity contribution in [3.05, 3.63) is 106 Å². The van der Waals surface area contributed by atoms with Crippen LogP contribution in [-0.4, -0.2) is 14.8 Å². The van der Waals surface area contributed by atoms with Gasteiger partial charge in [-0.15, -0.1) is 0 Å². The van der Waals surface area contributed by atoms with Gasteiger partial charge in [0.05, 0.1) is 18.5 Å². The molecule has 0 aliphatic carbocycles. The molecule has 0 radical (unpaired) electrons. The van der Waals surface area contributed by atoms with Gasteiger partial charge in [-0.2, -0.15) is 5.10 Å². The number of hydrogen-bond acceptors (Lipinski definition) is 5. The van der Waals surface area contributed by atoms with E-state index < -0.39 is 0 Å². The molecule has 0 amide bonds. The summed E-state index contributed by atoms with van der Waals surface area (Å²) in [5, 5.41) is 4.82. The number of nitrogens with one attached hydrogen (secondary N) is 1. The highest BCUT2D eigenvalue weighted by molar-refractivity contribution is 9.10. The second-order valence-electron chi connectivity index (χ2n) is 6.52. The summed E-state index contributed by atoms with van der Waals surface area (Å²) in [5.41, 5.74) is 5.62. The van der Waals surface area contributed by atoms with E-state index in [1.807, 2.05) is 72.8 Å². The van der Waals surface area contributed by atoms with Crippen molar-refractivity contribution in [2.45, 2.75) is 6.61 Å². The van der Waals surface area contributed by atoms with E-state index in [4.69, 9.17) is 21.2 Å². The molecule has 0 saturated carbocycles. The van der Waals surface area contributed by atoms with E-state index in [0.29, 0.717) is 11.6 Å². The van der Waals surface area contributed by atoms with Gasteiger partial charge in [-0.3, -0.25) is 10.3 Å². The second kappa shape index (κ2) is 10.3. The number of hydroxylamine groups is 1. The number of rotatable bonds is 8. The molecule has 8 heteroatoms. The van der Waals surface area contributed by atoms with Gasteiger partial charge in [-0.1, -0.05) is 39.7 Å². The van der Waals surface area contributed by atoms with Gasteiger partial charge in [-0.25, -0.2) is 9.67 Å². The molecule has 4 aromatic rings. The van der Waals surface area contributed by atoms with Gasteiger partial charge >= 0.3 is 0 Å². The predicted octanol–water partition coefficient (Wildman–Crippen LogP) is 6.16. The fraction of sp³-hybridized carbons (Fsp3) is 0.0435. The molecule has 0 bridgehead atoms. The van der Waals surface area contributed by atoms with Crippen LogP contribution in [0.3, 0.4) is 0 Å². The maximum Gasteiger partial charge on any atom is 0.138 e. The first-order chi connectivity index (χ1) is 15.2. The zero-order valence-electron chi connectivity index (χ0n) is 16.3. The Hall–Kier alpha value is -3.13. The van der Waals surface area contributed by atoms with Gasteiger partial charge in [0, 0.05) is 15.1 Å². The van der Waals surface area contributed by atoms with Crippen molar-refractivity contribution in [2.24, 2.45) is 0 Å². The van der Waals surface area contributed by atoms with Crippen LogP contribution >= 0.6 is 27.5 Å². The Morgan fingerprint density at radius 2 is 1.65 bits per heavy atom. The molecule has 0 aliphatic rings. The number of halogens is 2. The van der Waals surface area contributed by atoms with E-state index in [2.05, 4.69) is 31.5 Å². The van der Waals surface area contributed by atoms with E-state index in [0.717, 1.165) is 32.8 Å². The van der Waals surface area contributed by atoms with Gasteiger partial charge in [-0.05, 0) is 66.2 Å². The molecular formula is C23H18BrClN4O2. The molecule has 1 N–H and O–H groups in total. The Kier molecular flexibility index (Phi) is 6.99. The quantitative estimate of drug-likeness (QED) is 0.295. The molecule has 0 atom stereocenters. The monoisotopic (exact) mass is 496 g/mol. The summed E-state index contributed by atoms with van der Waals surface area (Å²) < 4.78 is 8.49. The number of ether oxygens (including phenoxy) is 1. The molecule has 3 aromatic carbocycles. The molecule has 156 valence electrons. The van der Waals surface area contributed by atoms with Gasteiger partial charge in [0.15, 0.2) is 0 Å². The third-order valence-corrected chi connectivity index (χ3v) is 5.03. The van der Waals surface area contributed by atoms with Gasteiger partial charge < -0.3 is 4.74 Å². The molecule has 4 rings (SSSR count). The highest BCUT2D eigenvalue weighted by Gasteiger charge is 2.05. The summed E-state index contributed by atoms with van der Waals surface area (Å²) in [6.07, 6.45) is 4.86. The zero-order chi connectivity index (χ0) is 21.5. The summed E-state index contributed by atoms with van der Waals surface area (Å²) in [7, 11) is 0. The Labute approximate surface area is 193 Å². The molecule has 0 saturated heterocycles. The van der Waals surface area contributed by atoms with E-state index in [1.165, 1.54) is 6.33 Å². The van der Waals surface area contributed by atoms with Crippen molar-refractivity contribution >= 4 is 39.4 Å². The van der Waals surface area contributed by atoms with Crippen LogP contribution in [0.5, 0.6) is 11.5 Å². The van der Waals surface area contributed by atoms with Crippen molar-refractivity contribution in [1.82, 2.24) is 20.2 Å². The highest BCUT2D eigenvalue weighted by Crippen LogP contribution is 2.25. The molecule has 1 heterocycles. The topological polar surface area (TPSA) is 61.2 Å². The van der Waals surface area contributed by atoms with Crippen molar-refractivity contribution in [3.63, 3.8) is 0 Å². The highest BCUT2D eigenvalue weighted by atomic mass is 79.9. The standard InChI is InChI=1S/C23H18BrClN4O2/c24-19-5-11-22(12-6-19)31-21-9-3-18(4-10-21)23(13-29-16-26-15-27-29)28-30-14-17-1-7-20(25)8-2-17/h1-13,15-16,28H,14H2. The number of aromatic nitrogens is 3. The lowest BCUT2D eigenvalue weighted by Crippen LogP contribution is -2.14. The average molecular weight is 498 g/mol.